The quantitative estimate of drug-likeness (QED) is 0.582. The summed E-state index contributed by atoms with van der Waals surface area (Å²) in [5, 5.41) is 13.1. The highest BCUT2D eigenvalue weighted by Crippen LogP contribution is 2.64. The number of nitrogens with one attached hydrogen (secondary N) is 1. The molecule has 166 valence electrons. The van der Waals surface area contributed by atoms with Gasteiger partial charge in [-0.15, -0.1) is 5.10 Å². The third-order valence-corrected chi connectivity index (χ3v) is 7.99. The molecule has 9 heteroatoms. The van der Waals surface area contributed by atoms with Crippen molar-refractivity contribution < 1.29 is 4.79 Å². The summed E-state index contributed by atoms with van der Waals surface area (Å²) in [4.78, 5) is 17.8. The third-order valence-electron chi connectivity index (χ3n) is 7.58. The van der Waals surface area contributed by atoms with Crippen molar-refractivity contribution in [2.24, 2.45) is 17.3 Å². The topological polar surface area (TPSA) is 77.6 Å². The van der Waals surface area contributed by atoms with E-state index in [-0.39, 0.29) is 22.1 Å². The van der Waals surface area contributed by atoms with Gasteiger partial charge in [-0.2, -0.15) is 5.10 Å². The number of carbonyl (C=O) groups excluding carboxylic acids is 1. The number of aromatic nitrogens is 5. The van der Waals surface area contributed by atoms with E-state index in [2.05, 4.69) is 20.5 Å². The highest BCUT2D eigenvalue weighted by atomic mass is 35.5. The minimum atomic E-state index is -0.390. The molecule has 4 aliphatic carbocycles. The lowest BCUT2D eigenvalue weighted by molar-refractivity contribution is -0.150. The number of hydrogen-bond donors (Lipinski definition) is 1. The second-order valence-electron chi connectivity index (χ2n) is 9.91. The molecule has 0 saturated heterocycles. The molecular formula is C23H24Cl2N6O. The fourth-order valence-corrected chi connectivity index (χ4v) is 7.14. The van der Waals surface area contributed by atoms with Gasteiger partial charge >= 0.3 is 0 Å². The van der Waals surface area contributed by atoms with Gasteiger partial charge in [-0.05, 0) is 79.7 Å². The van der Waals surface area contributed by atoms with Crippen LogP contribution < -0.4 is 5.32 Å². The molecule has 1 amide bonds. The van der Waals surface area contributed by atoms with Crippen LogP contribution in [0.3, 0.4) is 0 Å². The zero-order chi connectivity index (χ0) is 21.9. The van der Waals surface area contributed by atoms with Gasteiger partial charge in [0.2, 0.25) is 11.2 Å². The van der Waals surface area contributed by atoms with Gasteiger partial charge in [-0.3, -0.25) is 9.48 Å². The van der Waals surface area contributed by atoms with Crippen molar-refractivity contribution in [1.82, 2.24) is 24.5 Å². The van der Waals surface area contributed by atoms with Crippen LogP contribution in [-0.4, -0.2) is 30.5 Å². The van der Waals surface area contributed by atoms with E-state index < -0.39 is 0 Å². The Morgan fingerprint density at radius 3 is 2.66 bits per heavy atom. The fourth-order valence-electron chi connectivity index (χ4n) is 6.81. The molecule has 4 bridgehead atoms. The van der Waals surface area contributed by atoms with E-state index in [1.54, 1.807) is 6.33 Å². The smallest absolute Gasteiger partial charge is 0.242 e. The van der Waals surface area contributed by atoms with Crippen LogP contribution in [0.15, 0.2) is 42.9 Å². The Kier molecular flexibility index (Phi) is 4.63. The number of rotatable bonds is 5. The van der Waals surface area contributed by atoms with Gasteiger partial charge in [-0.1, -0.05) is 23.7 Å². The van der Waals surface area contributed by atoms with Gasteiger partial charge in [0.1, 0.15) is 6.33 Å². The number of nitrogens with zero attached hydrogens (tertiary/aromatic N) is 5. The number of halogens is 2. The first-order chi connectivity index (χ1) is 15.4. The maximum absolute atomic E-state index is 13.6. The van der Waals surface area contributed by atoms with E-state index in [1.807, 2.05) is 45.9 Å². The van der Waals surface area contributed by atoms with Crippen molar-refractivity contribution in [2.75, 3.05) is 5.32 Å². The Hall–Kier alpha value is -2.38. The average Bonchev–Trinajstić information content (AvgIpc) is 3.36. The van der Waals surface area contributed by atoms with Crippen LogP contribution in [0.25, 0.3) is 0 Å². The van der Waals surface area contributed by atoms with Crippen molar-refractivity contribution >= 4 is 34.9 Å². The third kappa shape index (κ3) is 3.42. The van der Waals surface area contributed by atoms with Gasteiger partial charge in [-0.25, -0.2) is 9.67 Å². The highest BCUT2D eigenvalue weighted by molar-refractivity contribution is 6.30. The first kappa shape index (κ1) is 20.2. The van der Waals surface area contributed by atoms with Crippen molar-refractivity contribution in [3.05, 3.63) is 58.7 Å². The van der Waals surface area contributed by atoms with E-state index in [0.29, 0.717) is 29.2 Å². The molecule has 2 aromatic heterocycles. The first-order valence-corrected chi connectivity index (χ1v) is 11.8. The molecule has 4 aliphatic rings. The highest BCUT2D eigenvalue weighted by Gasteiger charge is 2.61. The molecule has 1 N–H and O–H groups in total. The average molecular weight is 471 g/mol. The van der Waals surface area contributed by atoms with Crippen molar-refractivity contribution in [3.8, 4) is 0 Å². The lowest BCUT2D eigenvalue weighted by Crippen LogP contribution is -2.60. The SMILES string of the molecule is O=C(Nc1ccn(Cc2cccc(Cl)c2)n1)C12CC3CC(C1)CC(n1cnc(Cl)n1)(C3)C2. The lowest BCUT2D eigenvalue weighted by atomic mass is 9.46. The number of anilines is 1. The Labute approximate surface area is 196 Å². The van der Waals surface area contributed by atoms with E-state index >= 15 is 0 Å². The Morgan fingerprint density at radius 1 is 1.12 bits per heavy atom. The second kappa shape index (κ2) is 7.32. The summed E-state index contributed by atoms with van der Waals surface area (Å²) < 4.78 is 3.76. The second-order valence-corrected chi connectivity index (χ2v) is 10.7. The summed E-state index contributed by atoms with van der Waals surface area (Å²) in [6, 6.07) is 9.57. The zero-order valence-corrected chi connectivity index (χ0v) is 19.1. The monoisotopic (exact) mass is 470 g/mol. The molecule has 2 unspecified atom stereocenters. The molecule has 0 spiro atoms. The number of hydrogen-bond acceptors (Lipinski definition) is 4. The summed E-state index contributed by atoms with van der Waals surface area (Å²) >= 11 is 12.1. The number of carbonyl (C=O) groups is 1. The van der Waals surface area contributed by atoms with Gasteiger partial charge < -0.3 is 5.32 Å². The first-order valence-electron chi connectivity index (χ1n) is 11.1. The molecule has 0 aliphatic heterocycles. The Balaban J connectivity index is 1.22. The molecule has 3 aromatic rings. The summed E-state index contributed by atoms with van der Waals surface area (Å²) in [7, 11) is 0. The van der Waals surface area contributed by atoms with Crippen LogP contribution in [0.5, 0.6) is 0 Å². The molecule has 4 fully saturated rings. The zero-order valence-electron chi connectivity index (χ0n) is 17.5. The maximum atomic E-state index is 13.6. The predicted octanol–water partition coefficient (Wildman–Crippen LogP) is 4.76. The molecule has 1 aromatic carbocycles. The van der Waals surface area contributed by atoms with Crippen LogP contribution in [0.1, 0.15) is 44.1 Å². The summed E-state index contributed by atoms with van der Waals surface area (Å²) in [6.45, 7) is 0.599. The Bertz CT molecular complexity index is 1170. The van der Waals surface area contributed by atoms with Crippen LogP contribution in [0.4, 0.5) is 5.82 Å². The summed E-state index contributed by atoms with van der Waals surface area (Å²) in [6.07, 6.45) is 9.56. The normalized spacial score (nSPS) is 30.6. The molecule has 7 rings (SSSR count). The van der Waals surface area contributed by atoms with E-state index in [1.165, 1.54) is 6.42 Å². The molecule has 7 nitrogen and oxygen atoms in total. The molecule has 4 saturated carbocycles. The number of amides is 1. The van der Waals surface area contributed by atoms with Gasteiger partial charge in [0.25, 0.3) is 0 Å². The predicted molar refractivity (Wildman–Crippen MR) is 122 cm³/mol. The summed E-state index contributed by atoms with van der Waals surface area (Å²) in [5.74, 6) is 1.73. The largest absolute Gasteiger partial charge is 0.309 e. The summed E-state index contributed by atoms with van der Waals surface area (Å²) in [5.41, 5.74) is 0.514. The molecular weight excluding hydrogens is 447 g/mol. The molecule has 2 atom stereocenters. The van der Waals surface area contributed by atoms with Crippen LogP contribution >= 0.6 is 23.2 Å². The van der Waals surface area contributed by atoms with Crippen molar-refractivity contribution in [2.45, 2.75) is 50.6 Å². The van der Waals surface area contributed by atoms with Crippen LogP contribution in [-0.2, 0) is 16.9 Å². The number of benzene rings is 1. The standard InChI is InChI=1S/C23H24Cl2N6O/c24-18-3-1-2-15(7-18)12-30-5-4-19(28-30)27-20(32)22-8-16-6-17(9-22)11-23(10-16,13-22)31-14-26-21(25)29-31/h1-5,7,14,16-17H,6,8-13H2,(H,27,28,32). The molecule has 0 radical (unpaired) electrons. The van der Waals surface area contributed by atoms with Gasteiger partial charge in [0, 0.05) is 17.3 Å². The lowest BCUT2D eigenvalue weighted by Gasteiger charge is -2.60. The minimum absolute atomic E-state index is 0.0789. The van der Waals surface area contributed by atoms with Crippen molar-refractivity contribution in [3.63, 3.8) is 0 Å². The molecule has 32 heavy (non-hydrogen) atoms. The van der Waals surface area contributed by atoms with E-state index in [9.17, 15) is 4.79 Å². The fraction of sp³-hybridized carbons (Fsp3) is 0.478. The Morgan fingerprint density at radius 2 is 1.94 bits per heavy atom. The van der Waals surface area contributed by atoms with Crippen LogP contribution in [0, 0.1) is 17.3 Å². The minimum Gasteiger partial charge on any atom is -0.309 e. The van der Waals surface area contributed by atoms with E-state index in [0.717, 1.165) is 37.7 Å². The van der Waals surface area contributed by atoms with Crippen molar-refractivity contribution in [1.29, 1.82) is 0 Å². The van der Waals surface area contributed by atoms with Gasteiger partial charge in [0.15, 0.2) is 5.82 Å². The van der Waals surface area contributed by atoms with Crippen LogP contribution in [0.2, 0.25) is 10.3 Å². The van der Waals surface area contributed by atoms with Gasteiger partial charge in [0.05, 0.1) is 17.5 Å². The molecule has 2 heterocycles. The van der Waals surface area contributed by atoms with E-state index in [4.69, 9.17) is 23.2 Å². The maximum Gasteiger partial charge on any atom is 0.242 e.